The second kappa shape index (κ2) is 9.34. The summed E-state index contributed by atoms with van der Waals surface area (Å²) >= 11 is 1.98. The SMILES string of the molecule is O=S(Nc1cc(F)c(OC(F)F)cc1F)c1cn(SI)cc1-c1cccc(F)c1. The zero-order valence-corrected chi connectivity index (χ0v) is 17.8. The van der Waals surface area contributed by atoms with Gasteiger partial charge in [-0.1, -0.05) is 12.1 Å². The first kappa shape index (κ1) is 21.9. The standard InChI is InChI=1S/C17H10F5IN2O2S2/c18-10-3-1-2-9(4-10)11-7-25(28-23)8-16(11)29(26)24-14-5-13(20)15(6-12(14)19)27-17(21)22/h1-8,17,24H. The molecule has 0 aliphatic heterocycles. The number of ether oxygens (including phenoxy) is 1. The Labute approximate surface area is 180 Å². The maximum absolute atomic E-state index is 14.2. The third-order valence-electron chi connectivity index (χ3n) is 3.62. The van der Waals surface area contributed by atoms with Crippen LogP contribution in [0.3, 0.4) is 0 Å². The van der Waals surface area contributed by atoms with Crippen LogP contribution in [0.15, 0.2) is 53.7 Å². The van der Waals surface area contributed by atoms with Crippen molar-refractivity contribution in [2.24, 2.45) is 0 Å². The highest BCUT2D eigenvalue weighted by Crippen LogP contribution is 2.33. The van der Waals surface area contributed by atoms with Crippen molar-refractivity contribution >= 4 is 47.0 Å². The highest BCUT2D eigenvalue weighted by Gasteiger charge is 2.20. The van der Waals surface area contributed by atoms with Crippen molar-refractivity contribution in [2.45, 2.75) is 11.5 Å². The summed E-state index contributed by atoms with van der Waals surface area (Å²) in [7, 11) is -0.827. The normalized spacial score (nSPS) is 12.2. The van der Waals surface area contributed by atoms with Crippen LogP contribution in [0, 0.1) is 17.5 Å². The number of hydrogen-bond acceptors (Lipinski definition) is 3. The largest absolute Gasteiger partial charge is 0.432 e. The summed E-state index contributed by atoms with van der Waals surface area (Å²) in [6, 6.07) is 6.59. The van der Waals surface area contributed by atoms with E-state index in [1.807, 2.05) is 21.2 Å². The molecule has 1 N–H and O–H groups in total. The van der Waals surface area contributed by atoms with Gasteiger partial charge in [-0.05, 0) is 17.7 Å². The summed E-state index contributed by atoms with van der Waals surface area (Å²) in [6.45, 7) is -3.32. The summed E-state index contributed by atoms with van der Waals surface area (Å²) in [6.07, 6.45) is 3.10. The van der Waals surface area contributed by atoms with E-state index in [4.69, 9.17) is 0 Å². The van der Waals surface area contributed by atoms with Crippen LogP contribution >= 0.6 is 30.3 Å². The molecule has 0 radical (unpaired) electrons. The van der Waals surface area contributed by atoms with Crippen molar-refractivity contribution in [3.05, 3.63) is 66.2 Å². The first-order valence-electron chi connectivity index (χ1n) is 7.67. The third kappa shape index (κ3) is 5.22. The molecule has 1 heterocycles. The van der Waals surface area contributed by atoms with Crippen molar-refractivity contribution in [1.82, 2.24) is 3.97 Å². The van der Waals surface area contributed by atoms with Crippen LogP contribution in [0.1, 0.15) is 0 Å². The van der Waals surface area contributed by atoms with Crippen LogP contribution in [-0.4, -0.2) is 14.8 Å². The van der Waals surface area contributed by atoms with Gasteiger partial charge in [0.2, 0.25) is 0 Å². The molecule has 154 valence electrons. The number of rotatable bonds is 7. The number of halogens is 6. The van der Waals surface area contributed by atoms with Gasteiger partial charge in [0.05, 0.1) is 10.6 Å². The van der Waals surface area contributed by atoms with Crippen LogP contribution in [0.25, 0.3) is 11.1 Å². The van der Waals surface area contributed by atoms with Gasteiger partial charge in [-0.25, -0.2) is 17.4 Å². The van der Waals surface area contributed by atoms with Gasteiger partial charge < -0.3 is 4.74 Å². The number of nitrogens with zero attached hydrogens (tertiary/aromatic N) is 1. The van der Waals surface area contributed by atoms with E-state index >= 15 is 0 Å². The van der Waals surface area contributed by atoms with Crippen LogP contribution in [0.2, 0.25) is 0 Å². The molecule has 12 heteroatoms. The predicted molar refractivity (Wildman–Crippen MR) is 110 cm³/mol. The van der Waals surface area contributed by atoms with Crippen molar-refractivity contribution in [1.29, 1.82) is 0 Å². The quantitative estimate of drug-likeness (QED) is 0.279. The minimum atomic E-state index is -3.32. The first-order valence-corrected chi connectivity index (χ1v) is 12.1. The minimum absolute atomic E-state index is 0.187. The molecule has 2 aromatic carbocycles. The molecule has 1 aromatic heterocycles. The molecule has 3 aromatic rings. The van der Waals surface area contributed by atoms with Crippen molar-refractivity contribution in [3.63, 3.8) is 0 Å². The Morgan fingerprint density at radius 3 is 2.52 bits per heavy atom. The van der Waals surface area contributed by atoms with E-state index in [9.17, 15) is 26.2 Å². The second-order valence-electron chi connectivity index (χ2n) is 5.49. The lowest BCUT2D eigenvalue weighted by Crippen LogP contribution is -2.09. The van der Waals surface area contributed by atoms with Crippen LogP contribution in [0.4, 0.5) is 27.6 Å². The van der Waals surface area contributed by atoms with Crippen LogP contribution in [-0.2, 0) is 11.0 Å². The van der Waals surface area contributed by atoms with Gasteiger partial charge in [-0.3, -0.25) is 8.69 Å². The Balaban J connectivity index is 1.94. The monoisotopic (exact) mass is 560 g/mol. The maximum Gasteiger partial charge on any atom is 0.387 e. The maximum atomic E-state index is 14.2. The van der Waals surface area contributed by atoms with E-state index in [1.165, 1.54) is 33.5 Å². The topological polar surface area (TPSA) is 43.3 Å². The molecule has 0 bridgehead atoms. The number of hydrogen-bond donors (Lipinski definition) is 1. The van der Waals surface area contributed by atoms with Gasteiger partial charge in [0.25, 0.3) is 0 Å². The number of aromatic nitrogens is 1. The lowest BCUT2D eigenvalue weighted by Gasteiger charge is -2.11. The molecule has 0 saturated heterocycles. The van der Waals surface area contributed by atoms with Gasteiger partial charge in [-0.15, -0.1) is 0 Å². The fourth-order valence-corrected chi connectivity index (χ4v) is 4.51. The van der Waals surface area contributed by atoms with E-state index in [1.54, 1.807) is 16.2 Å². The van der Waals surface area contributed by atoms with E-state index < -0.39 is 46.5 Å². The molecular weight excluding hydrogens is 550 g/mol. The van der Waals surface area contributed by atoms with E-state index in [2.05, 4.69) is 9.46 Å². The second-order valence-corrected chi connectivity index (χ2v) is 8.41. The molecule has 1 unspecified atom stereocenters. The van der Waals surface area contributed by atoms with E-state index in [-0.39, 0.29) is 4.90 Å². The Bertz CT molecular complexity index is 1060. The van der Waals surface area contributed by atoms with Gasteiger partial charge in [0.15, 0.2) is 28.4 Å². The summed E-state index contributed by atoms with van der Waals surface area (Å²) < 4.78 is 86.7. The van der Waals surface area contributed by atoms with Gasteiger partial charge >= 0.3 is 6.61 Å². The highest BCUT2D eigenvalue weighted by molar-refractivity contribution is 14.2. The molecule has 4 nitrogen and oxygen atoms in total. The molecule has 1 atom stereocenters. The minimum Gasteiger partial charge on any atom is -0.432 e. The van der Waals surface area contributed by atoms with Gasteiger partial charge in [0, 0.05) is 60.4 Å². The van der Waals surface area contributed by atoms with Gasteiger partial charge in [0.1, 0.15) is 5.82 Å². The molecule has 0 fully saturated rings. The van der Waals surface area contributed by atoms with Crippen LogP contribution < -0.4 is 9.46 Å². The summed E-state index contributed by atoms with van der Waals surface area (Å²) in [5.41, 5.74) is 0.340. The Morgan fingerprint density at radius 1 is 1.10 bits per heavy atom. The molecular formula is C17H10F5IN2O2S2. The molecule has 0 aliphatic rings. The zero-order chi connectivity index (χ0) is 21.1. The first-order chi connectivity index (χ1) is 13.8. The molecule has 0 spiro atoms. The number of alkyl halides is 2. The van der Waals surface area contributed by atoms with Crippen molar-refractivity contribution in [3.8, 4) is 16.9 Å². The number of benzene rings is 2. The van der Waals surface area contributed by atoms with E-state index in [0.29, 0.717) is 23.3 Å². The zero-order valence-electron chi connectivity index (χ0n) is 14.0. The van der Waals surface area contributed by atoms with Crippen LogP contribution in [0.5, 0.6) is 5.75 Å². The number of anilines is 1. The van der Waals surface area contributed by atoms with Crippen molar-refractivity contribution < 1.29 is 30.9 Å². The molecule has 3 rings (SSSR count). The molecule has 29 heavy (non-hydrogen) atoms. The molecule has 0 saturated carbocycles. The Morgan fingerprint density at radius 2 is 1.86 bits per heavy atom. The smallest absolute Gasteiger partial charge is 0.387 e. The predicted octanol–water partition coefficient (Wildman–Crippen LogP) is 6.15. The average Bonchev–Trinajstić information content (AvgIpc) is 3.10. The lowest BCUT2D eigenvalue weighted by molar-refractivity contribution is -0.0523. The third-order valence-corrected chi connectivity index (χ3v) is 6.49. The summed E-state index contributed by atoms with van der Waals surface area (Å²) in [4.78, 5) is 0.187. The fraction of sp³-hybridized carbons (Fsp3) is 0.0588. The van der Waals surface area contributed by atoms with Crippen molar-refractivity contribution in [2.75, 3.05) is 4.72 Å². The number of nitrogens with one attached hydrogen (secondary N) is 1. The Hall–Kier alpha value is -1.80. The highest BCUT2D eigenvalue weighted by atomic mass is 127. The fourth-order valence-electron chi connectivity index (χ4n) is 2.42. The van der Waals surface area contributed by atoms with Gasteiger partial charge in [-0.2, -0.15) is 8.78 Å². The summed E-state index contributed by atoms with van der Waals surface area (Å²) in [5.74, 6) is -3.85. The van der Waals surface area contributed by atoms with E-state index in [0.717, 1.165) is 0 Å². The Kier molecular flexibility index (Phi) is 7.05. The molecule has 0 amide bonds. The summed E-state index contributed by atoms with van der Waals surface area (Å²) in [5, 5.41) is 0. The lowest BCUT2D eigenvalue weighted by atomic mass is 10.1. The molecule has 0 aliphatic carbocycles. The average molecular weight is 560 g/mol.